The molecular weight excluding hydrogens is 264 g/mol. The zero-order chi connectivity index (χ0) is 14.5. The van der Waals surface area contributed by atoms with Gasteiger partial charge in [-0.1, -0.05) is 6.07 Å². The standard InChI is InChI=1S/C15H16N6/c16-8-13-14(18-10-12-4-3-5-17-9-12)19-11-20-15(13)21-6-1-2-7-21/h3-5,9,11H,1-2,6-7,10H2,(H,18,19,20). The summed E-state index contributed by atoms with van der Waals surface area (Å²) >= 11 is 0. The minimum atomic E-state index is 0.517. The third-order valence-corrected chi connectivity index (χ3v) is 3.53. The summed E-state index contributed by atoms with van der Waals surface area (Å²) in [5.41, 5.74) is 1.56. The Morgan fingerprint density at radius 3 is 2.86 bits per heavy atom. The molecule has 21 heavy (non-hydrogen) atoms. The summed E-state index contributed by atoms with van der Waals surface area (Å²) in [6.07, 6.45) is 7.34. The van der Waals surface area contributed by atoms with Crippen LogP contribution >= 0.6 is 0 Å². The van der Waals surface area contributed by atoms with E-state index in [9.17, 15) is 5.26 Å². The van der Waals surface area contributed by atoms with Gasteiger partial charge < -0.3 is 10.2 Å². The van der Waals surface area contributed by atoms with E-state index in [0.717, 1.165) is 37.3 Å². The number of nitriles is 1. The predicted octanol–water partition coefficient (Wildman–Crippen LogP) is 1.96. The molecule has 0 aromatic carbocycles. The average molecular weight is 280 g/mol. The Labute approximate surface area is 123 Å². The van der Waals surface area contributed by atoms with Crippen molar-refractivity contribution in [2.45, 2.75) is 19.4 Å². The first-order valence-electron chi connectivity index (χ1n) is 7.01. The van der Waals surface area contributed by atoms with Crippen LogP contribution in [0.15, 0.2) is 30.9 Å². The SMILES string of the molecule is N#Cc1c(NCc2cccnc2)ncnc1N1CCCC1. The highest BCUT2D eigenvalue weighted by molar-refractivity contribution is 5.65. The van der Waals surface area contributed by atoms with Crippen LogP contribution in [0.25, 0.3) is 0 Å². The molecule has 0 radical (unpaired) electrons. The van der Waals surface area contributed by atoms with Crippen LogP contribution < -0.4 is 10.2 Å². The maximum absolute atomic E-state index is 9.45. The van der Waals surface area contributed by atoms with Crippen LogP contribution in [0.3, 0.4) is 0 Å². The lowest BCUT2D eigenvalue weighted by Gasteiger charge is -2.18. The van der Waals surface area contributed by atoms with Crippen LogP contribution in [0.1, 0.15) is 24.0 Å². The molecule has 1 aliphatic rings. The smallest absolute Gasteiger partial charge is 0.152 e. The van der Waals surface area contributed by atoms with Crippen LogP contribution in [0, 0.1) is 11.3 Å². The van der Waals surface area contributed by atoms with E-state index in [-0.39, 0.29) is 0 Å². The summed E-state index contributed by atoms with van der Waals surface area (Å²) in [7, 11) is 0. The molecule has 0 unspecified atom stereocenters. The lowest BCUT2D eigenvalue weighted by Crippen LogP contribution is -2.21. The fourth-order valence-corrected chi connectivity index (χ4v) is 2.47. The molecule has 6 nitrogen and oxygen atoms in total. The van der Waals surface area contributed by atoms with Gasteiger partial charge in [0.25, 0.3) is 0 Å². The highest BCUT2D eigenvalue weighted by Gasteiger charge is 2.20. The minimum Gasteiger partial charge on any atom is -0.365 e. The first kappa shape index (κ1) is 13.3. The van der Waals surface area contributed by atoms with Crippen molar-refractivity contribution < 1.29 is 0 Å². The first-order chi connectivity index (χ1) is 10.4. The summed E-state index contributed by atoms with van der Waals surface area (Å²) in [5, 5.41) is 12.7. The van der Waals surface area contributed by atoms with Gasteiger partial charge in [-0.2, -0.15) is 5.26 Å². The van der Waals surface area contributed by atoms with Crippen LogP contribution in [0.5, 0.6) is 0 Å². The zero-order valence-electron chi connectivity index (χ0n) is 11.7. The Morgan fingerprint density at radius 2 is 2.14 bits per heavy atom. The number of pyridine rings is 1. The van der Waals surface area contributed by atoms with Crippen molar-refractivity contribution in [2.24, 2.45) is 0 Å². The van der Waals surface area contributed by atoms with Crippen LogP contribution in [-0.2, 0) is 6.54 Å². The molecule has 1 fully saturated rings. The Kier molecular flexibility index (Phi) is 3.92. The van der Waals surface area contributed by atoms with Gasteiger partial charge in [0.15, 0.2) is 5.82 Å². The maximum Gasteiger partial charge on any atom is 0.152 e. The second-order valence-electron chi connectivity index (χ2n) is 4.94. The van der Waals surface area contributed by atoms with Gasteiger partial charge in [-0.15, -0.1) is 0 Å². The van der Waals surface area contributed by atoms with Crippen molar-refractivity contribution in [3.05, 3.63) is 42.0 Å². The second kappa shape index (κ2) is 6.18. The van der Waals surface area contributed by atoms with E-state index in [1.807, 2.05) is 12.1 Å². The third kappa shape index (κ3) is 2.92. The molecule has 2 aromatic heterocycles. The average Bonchev–Trinajstić information content (AvgIpc) is 3.07. The normalized spacial score (nSPS) is 14.0. The summed E-state index contributed by atoms with van der Waals surface area (Å²) in [6.45, 7) is 2.49. The molecule has 0 spiro atoms. The number of hydrogen-bond donors (Lipinski definition) is 1. The molecule has 106 valence electrons. The van der Waals surface area contributed by atoms with E-state index in [2.05, 4.69) is 31.2 Å². The Morgan fingerprint density at radius 1 is 1.29 bits per heavy atom. The van der Waals surface area contributed by atoms with Crippen LogP contribution in [0.4, 0.5) is 11.6 Å². The fourth-order valence-electron chi connectivity index (χ4n) is 2.47. The molecular formula is C15H16N6. The summed E-state index contributed by atoms with van der Waals surface area (Å²) in [4.78, 5) is 14.7. The molecule has 1 N–H and O–H groups in total. The van der Waals surface area contributed by atoms with E-state index >= 15 is 0 Å². The molecule has 0 atom stereocenters. The Bertz CT molecular complexity index is 643. The van der Waals surface area contributed by atoms with Crippen molar-refractivity contribution in [3.63, 3.8) is 0 Å². The van der Waals surface area contributed by atoms with E-state index in [1.165, 1.54) is 6.33 Å². The van der Waals surface area contributed by atoms with Crippen molar-refractivity contribution in [2.75, 3.05) is 23.3 Å². The van der Waals surface area contributed by atoms with E-state index in [0.29, 0.717) is 17.9 Å². The predicted molar refractivity (Wildman–Crippen MR) is 79.8 cm³/mol. The van der Waals surface area contributed by atoms with Gasteiger partial charge in [0.1, 0.15) is 23.8 Å². The van der Waals surface area contributed by atoms with E-state index in [4.69, 9.17) is 0 Å². The van der Waals surface area contributed by atoms with Gasteiger partial charge in [-0.3, -0.25) is 4.98 Å². The number of hydrogen-bond acceptors (Lipinski definition) is 6. The summed E-state index contributed by atoms with van der Waals surface area (Å²) < 4.78 is 0. The molecule has 3 rings (SSSR count). The van der Waals surface area contributed by atoms with E-state index in [1.54, 1.807) is 12.4 Å². The minimum absolute atomic E-state index is 0.517. The van der Waals surface area contributed by atoms with Gasteiger partial charge in [0.2, 0.25) is 0 Å². The monoisotopic (exact) mass is 280 g/mol. The molecule has 1 aliphatic heterocycles. The molecule has 2 aromatic rings. The highest BCUT2D eigenvalue weighted by Crippen LogP contribution is 2.25. The van der Waals surface area contributed by atoms with Gasteiger partial charge in [0, 0.05) is 32.0 Å². The van der Waals surface area contributed by atoms with Gasteiger partial charge in [-0.25, -0.2) is 9.97 Å². The first-order valence-corrected chi connectivity index (χ1v) is 7.01. The molecule has 0 saturated carbocycles. The number of nitrogens with one attached hydrogen (secondary N) is 1. The van der Waals surface area contributed by atoms with Crippen molar-refractivity contribution >= 4 is 11.6 Å². The third-order valence-electron chi connectivity index (χ3n) is 3.53. The lowest BCUT2D eigenvalue weighted by molar-refractivity contribution is 0.920. The quantitative estimate of drug-likeness (QED) is 0.922. The van der Waals surface area contributed by atoms with Gasteiger partial charge in [0.05, 0.1) is 0 Å². The molecule has 0 bridgehead atoms. The topological polar surface area (TPSA) is 77.7 Å². The number of anilines is 2. The number of aromatic nitrogens is 3. The molecule has 3 heterocycles. The molecule has 6 heteroatoms. The van der Waals surface area contributed by atoms with Crippen molar-refractivity contribution in [1.29, 1.82) is 5.26 Å². The zero-order valence-corrected chi connectivity index (χ0v) is 11.7. The number of nitrogens with zero attached hydrogens (tertiary/aromatic N) is 5. The maximum atomic E-state index is 9.45. The van der Waals surface area contributed by atoms with E-state index < -0.39 is 0 Å². The number of rotatable bonds is 4. The van der Waals surface area contributed by atoms with Gasteiger partial charge >= 0.3 is 0 Å². The summed E-state index contributed by atoms with van der Waals surface area (Å²) in [5.74, 6) is 1.32. The molecule has 0 amide bonds. The lowest BCUT2D eigenvalue weighted by atomic mass is 10.2. The van der Waals surface area contributed by atoms with Crippen molar-refractivity contribution in [3.8, 4) is 6.07 Å². The molecule has 0 aliphatic carbocycles. The van der Waals surface area contributed by atoms with Crippen LogP contribution in [-0.4, -0.2) is 28.0 Å². The fraction of sp³-hybridized carbons (Fsp3) is 0.333. The Hall–Kier alpha value is -2.68. The summed E-state index contributed by atoms with van der Waals surface area (Å²) in [6, 6.07) is 6.10. The molecule has 1 saturated heterocycles. The highest BCUT2D eigenvalue weighted by atomic mass is 15.2. The Balaban J connectivity index is 1.81. The van der Waals surface area contributed by atoms with Crippen LogP contribution in [0.2, 0.25) is 0 Å². The van der Waals surface area contributed by atoms with Gasteiger partial charge in [-0.05, 0) is 24.5 Å². The second-order valence-corrected chi connectivity index (χ2v) is 4.94. The largest absolute Gasteiger partial charge is 0.365 e. The van der Waals surface area contributed by atoms with Crippen molar-refractivity contribution in [1.82, 2.24) is 15.0 Å².